The molecule has 7 heteroatoms. The number of sulfonamides is 1. The molecule has 2 unspecified atom stereocenters. The van der Waals surface area contributed by atoms with Crippen LogP contribution in [0, 0.1) is 0 Å². The second-order valence-electron chi connectivity index (χ2n) is 5.07. The number of hydrogen-bond donors (Lipinski definition) is 1. The lowest BCUT2D eigenvalue weighted by Crippen LogP contribution is -2.51. The third-order valence-corrected chi connectivity index (χ3v) is 6.54. The van der Waals surface area contributed by atoms with Crippen molar-refractivity contribution in [1.82, 2.24) is 4.31 Å². The third kappa shape index (κ3) is 3.60. The first-order chi connectivity index (χ1) is 10.0. The second kappa shape index (κ2) is 7.11. The summed E-state index contributed by atoms with van der Waals surface area (Å²) in [6, 6.07) is 6.84. The summed E-state index contributed by atoms with van der Waals surface area (Å²) in [7, 11) is -1.85. The van der Waals surface area contributed by atoms with Crippen LogP contribution in [0.1, 0.15) is 12.8 Å². The number of thioether (sulfide) groups is 1. The van der Waals surface area contributed by atoms with Crippen LogP contribution in [-0.2, 0) is 14.8 Å². The fraction of sp³-hybridized carbons (Fsp3) is 0.571. The summed E-state index contributed by atoms with van der Waals surface area (Å²) in [6.07, 6.45) is 3.36. The van der Waals surface area contributed by atoms with E-state index in [1.165, 1.54) is 16.1 Å². The molecule has 1 aromatic carbocycles. The smallest absolute Gasteiger partial charge is 0.243 e. The van der Waals surface area contributed by atoms with Gasteiger partial charge in [0.25, 0.3) is 0 Å². The average molecular weight is 330 g/mol. The molecule has 0 aromatic heterocycles. The Bertz CT molecular complexity index is 577. The van der Waals surface area contributed by atoms with Gasteiger partial charge in [-0.25, -0.2) is 8.42 Å². The van der Waals surface area contributed by atoms with Crippen molar-refractivity contribution in [3.63, 3.8) is 0 Å². The molecular formula is C14H22N2O3S2. The first-order valence-electron chi connectivity index (χ1n) is 6.91. The van der Waals surface area contributed by atoms with E-state index in [0.29, 0.717) is 30.8 Å². The molecule has 0 spiro atoms. The zero-order chi connectivity index (χ0) is 15.5. The van der Waals surface area contributed by atoms with Crippen molar-refractivity contribution < 1.29 is 13.2 Å². The van der Waals surface area contributed by atoms with Crippen molar-refractivity contribution in [3.8, 4) is 0 Å². The molecule has 1 aliphatic rings. The number of rotatable bonds is 5. The highest BCUT2D eigenvalue weighted by Crippen LogP contribution is 2.28. The molecule has 0 bridgehead atoms. The minimum absolute atomic E-state index is 0.0857. The first kappa shape index (κ1) is 16.8. The zero-order valence-corrected chi connectivity index (χ0v) is 14.0. The quantitative estimate of drug-likeness (QED) is 0.829. The minimum Gasteiger partial charge on any atom is -0.381 e. The Kier molecular flexibility index (Phi) is 5.67. The summed E-state index contributed by atoms with van der Waals surface area (Å²) in [4.78, 5) is 1.27. The maximum atomic E-state index is 12.8. The molecule has 1 heterocycles. The summed E-state index contributed by atoms with van der Waals surface area (Å²) in [5, 5.41) is 0. The monoisotopic (exact) mass is 330 g/mol. The van der Waals surface area contributed by atoms with E-state index in [1.54, 1.807) is 25.3 Å². The van der Waals surface area contributed by atoms with Crippen LogP contribution >= 0.6 is 11.8 Å². The molecule has 2 N–H and O–H groups in total. The van der Waals surface area contributed by atoms with Crippen molar-refractivity contribution >= 4 is 21.8 Å². The van der Waals surface area contributed by atoms with Crippen LogP contribution in [0.5, 0.6) is 0 Å². The fourth-order valence-corrected chi connectivity index (χ4v) is 4.88. The maximum Gasteiger partial charge on any atom is 0.243 e. The van der Waals surface area contributed by atoms with Gasteiger partial charge in [0, 0.05) is 31.1 Å². The van der Waals surface area contributed by atoms with E-state index in [-0.39, 0.29) is 12.1 Å². The Morgan fingerprint density at radius 2 is 2.24 bits per heavy atom. The van der Waals surface area contributed by atoms with Gasteiger partial charge in [0.1, 0.15) is 0 Å². The van der Waals surface area contributed by atoms with Gasteiger partial charge in [-0.2, -0.15) is 4.31 Å². The van der Waals surface area contributed by atoms with Crippen LogP contribution in [0.2, 0.25) is 0 Å². The van der Waals surface area contributed by atoms with Crippen molar-refractivity contribution in [3.05, 3.63) is 24.3 Å². The topological polar surface area (TPSA) is 72.6 Å². The fourth-order valence-electron chi connectivity index (χ4n) is 2.63. The van der Waals surface area contributed by atoms with Crippen molar-refractivity contribution in [2.45, 2.75) is 34.8 Å². The normalized spacial score (nSPS) is 24.1. The lowest BCUT2D eigenvalue weighted by Gasteiger charge is -2.37. The molecule has 5 nitrogen and oxygen atoms in total. The SMILES string of the molecule is COC1CCN(S(=O)(=O)c2cccc(SC)c2)C(CN)C1. The van der Waals surface area contributed by atoms with Gasteiger partial charge < -0.3 is 10.5 Å². The Labute approximate surface area is 130 Å². The molecule has 0 amide bonds. The lowest BCUT2D eigenvalue weighted by atomic mass is 10.0. The molecule has 0 aliphatic carbocycles. The van der Waals surface area contributed by atoms with Crippen molar-refractivity contribution in [2.75, 3.05) is 26.5 Å². The summed E-state index contributed by atoms with van der Waals surface area (Å²) >= 11 is 1.53. The molecule has 1 aliphatic heterocycles. The number of ether oxygens (including phenoxy) is 1. The maximum absolute atomic E-state index is 12.8. The average Bonchev–Trinajstić information content (AvgIpc) is 2.54. The van der Waals surface area contributed by atoms with Crippen LogP contribution < -0.4 is 5.73 Å². The largest absolute Gasteiger partial charge is 0.381 e. The van der Waals surface area contributed by atoms with Gasteiger partial charge in [-0.15, -0.1) is 11.8 Å². The van der Waals surface area contributed by atoms with Gasteiger partial charge in [-0.05, 0) is 37.3 Å². The van der Waals surface area contributed by atoms with E-state index in [0.717, 1.165) is 4.90 Å². The Morgan fingerprint density at radius 3 is 2.86 bits per heavy atom. The predicted molar refractivity (Wildman–Crippen MR) is 85.0 cm³/mol. The lowest BCUT2D eigenvalue weighted by molar-refractivity contribution is 0.0401. The molecule has 118 valence electrons. The number of benzene rings is 1. The van der Waals surface area contributed by atoms with E-state index in [9.17, 15) is 8.42 Å². The number of nitrogens with zero attached hydrogens (tertiary/aromatic N) is 1. The molecule has 2 rings (SSSR count). The number of hydrogen-bond acceptors (Lipinski definition) is 5. The van der Waals surface area contributed by atoms with E-state index in [2.05, 4.69) is 0 Å². The van der Waals surface area contributed by atoms with Crippen LogP contribution in [-0.4, -0.2) is 51.3 Å². The second-order valence-corrected chi connectivity index (χ2v) is 7.84. The number of piperidine rings is 1. The molecule has 0 radical (unpaired) electrons. The van der Waals surface area contributed by atoms with E-state index < -0.39 is 10.0 Å². The third-order valence-electron chi connectivity index (χ3n) is 3.87. The number of methoxy groups -OCH3 is 1. The summed E-state index contributed by atoms with van der Waals surface area (Å²) in [5.41, 5.74) is 5.78. The Morgan fingerprint density at radius 1 is 1.48 bits per heavy atom. The molecule has 1 saturated heterocycles. The van der Waals surface area contributed by atoms with Gasteiger partial charge in [0.05, 0.1) is 11.0 Å². The summed E-state index contributed by atoms with van der Waals surface area (Å²) in [6.45, 7) is 0.757. The number of nitrogens with two attached hydrogens (primary N) is 1. The van der Waals surface area contributed by atoms with Gasteiger partial charge in [-0.1, -0.05) is 6.07 Å². The van der Waals surface area contributed by atoms with Crippen LogP contribution in [0.3, 0.4) is 0 Å². The van der Waals surface area contributed by atoms with E-state index >= 15 is 0 Å². The Hall–Kier alpha value is -0.600. The predicted octanol–water partition coefficient (Wildman–Crippen LogP) is 1.54. The molecule has 0 saturated carbocycles. The highest BCUT2D eigenvalue weighted by Gasteiger charge is 2.36. The van der Waals surface area contributed by atoms with Crippen molar-refractivity contribution in [1.29, 1.82) is 0 Å². The zero-order valence-electron chi connectivity index (χ0n) is 12.4. The van der Waals surface area contributed by atoms with Crippen molar-refractivity contribution in [2.24, 2.45) is 5.73 Å². The first-order valence-corrected chi connectivity index (χ1v) is 9.58. The van der Waals surface area contributed by atoms with Gasteiger partial charge in [-0.3, -0.25) is 0 Å². The molecule has 2 atom stereocenters. The summed E-state index contributed by atoms with van der Waals surface area (Å²) in [5.74, 6) is 0. The minimum atomic E-state index is -3.50. The van der Waals surface area contributed by atoms with E-state index in [4.69, 9.17) is 10.5 Å². The standard InChI is InChI=1S/C14H22N2O3S2/c1-19-12-6-7-16(11(8-12)10-15)21(17,18)14-5-3-4-13(9-14)20-2/h3-5,9,11-12H,6-8,10,15H2,1-2H3. The van der Waals surface area contributed by atoms with Crippen LogP contribution in [0.4, 0.5) is 0 Å². The van der Waals surface area contributed by atoms with Gasteiger partial charge >= 0.3 is 0 Å². The highest BCUT2D eigenvalue weighted by molar-refractivity contribution is 7.98. The Balaban J connectivity index is 2.29. The highest BCUT2D eigenvalue weighted by atomic mass is 32.2. The molecule has 21 heavy (non-hydrogen) atoms. The molecule has 1 aromatic rings. The van der Waals surface area contributed by atoms with E-state index in [1.807, 2.05) is 12.3 Å². The van der Waals surface area contributed by atoms with Crippen LogP contribution in [0.25, 0.3) is 0 Å². The molecule has 1 fully saturated rings. The molecular weight excluding hydrogens is 308 g/mol. The summed E-state index contributed by atoms with van der Waals surface area (Å²) < 4.78 is 32.6. The van der Waals surface area contributed by atoms with Crippen LogP contribution in [0.15, 0.2) is 34.1 Å². The van der Waals surface area contributed by atoms with Gasteiger partial charge in [0.2, 0.25) is 10.0 Å². The van der Waals surface area contributed by atoms with Gasteiger partial charge in [0.15, 0.2) is 0 Å².